The Morgan fingerprint density at radius 1 is 1.45 bits per heavy atom. The molecule has 3 nitrogen and oxygen atoms in total. The van der Waals surface area contributed by atoms with Crippen molar-refractivity contribution in [2.75, 3.05) is 19.3 Å². The van der Waals surface area contributed by atoms with Crippen LogP contribution in [0.3, 0.4) is 0 Å². The number of amides is 1. The van der Waals surface area contributed by atoms with E-state index in [2.05, 4.69) is 6.07 Å². The largest absolute Gasteiger partial charge is 0.338 e. The van der Waals surface area contributed by atoms with Crippen LogP contribution < -0.4 is 0 Å². The summed E-state index contributed by atoms with van der Waals surface area (Å²) >= 11 is 7.80. The fraction of sp³-hybridized carbons (Fsp3) is 0.467. The maximum atomic E-state index is 12.5. The molecule has 1 aromatic rings. The Labute approximate surface area is 128 Å². The molecular formula is C15H17ClN2OS. The molecule has 0 bridgehead atoms. The van der Waals surface area contributed by atoms with Gasteiger partial charge in [0.2, 0.25) is 0 Å². The molecule has 1 fully saturated rings. The highest BCUT2D eigenvalue weighted by Gasteiger charge is 2.35. The summed E-state index contributed by atoms with van der Waals surface area (Å²) in [6.45, 7) is 3.11. The van der Waals surface area contributed by atoms with Gasteiger partial charge in [0.15, 0.2) is 0 Å². The van der Waals surface area contributed by atoms with Gasteiger partial charge >= 0.3 is 0 Å². The van der Waals surface area contributed by atoms with E-state index >= 15 is 0 Å². The van der Waals surface area contributed by atoms with Crippen LogP contribution in [0.2, 0.25) is 5.02 Å². The van der Waals surface area contributed by atoms with Gasteiger partial charge < -0.3 is 4.90 Å². The van der Waals surface area contributed by atoms with Crippen molar-refractivity contribution in [3.63, 3.8) is 0 Å². The van der Waals surface area contributed by atoms with Gasteiger partial charge in [-0.3, -0.25) is 4.79 Å². The molecule has 106 valence electrons. The van der Waals surface area contributed by atoms with E-state index in [0.29, 0.717) is 36.5 Å². The van der Waals surface area contributed by atoms with Crippen molar-refractivity contribution in [3.05, 3.63) is 34.3 Å². The standard InChI is InChI=1S/C15H17ClN2OS/c1-11-4-3-5-12(13(11)16)14(19)18-8-6-15(10-17,20-2)7-9-18/h3-5H,6-9H2,1-2H3. The fourth-order valence-corrected chi connectivity index (χ4v) is 3.30. The Kier molecular flexibility index (Phi) is 4.62. The zero-order valence-corrected chi connectivity index (χ0v) is 13.2. The molecule has 1 aliphatic heterocycles. The van der Waals surface area contributed by atoms with Gasteiger partial charge in [-0.2, -0.15) is 5.26 Å². The van der Waals surface area contributed by atoms with Crippen molar-refractivity contribution in [2.24, 2.45) is 0 Å². The lowest BCUT2D eigenvalue weighted by atomic mass is 9.96. The molecule has 0 aliphatic carbocycles. The highest BCUT2D eigenvalue weighted by molar-refractivity contribution is 8.00. The van der Waals surface area contributed by atoms with Gasteiger partial charge in [-0.25, -0.2) is 0 Å². The molecule has 1 aromatic carbocycles. The summed E-state index contributed by atoms with van der Waals surface area (Å²) in [6.07, 6.45) is 3.37. The van der Waals surface area contributed by atoms with Crippen LogP contribution in [0.25, 0.3) is 0 Å². The van der Waals surface area contributed by atoms with Crippen LogP contribution in [0, 0.1) is 18.3 Å². The third kappa shape index (κ3) is 2.79. The predicted octanol–water partition coefficient (Wildman–Crippen LogP) is 3.51. The minimum atomic E-state index is -0.340. The lowest BCUT2D eigenvalue weighted by molar-refractivity contribution is 0.0716. The average molecular weight is 309 g/mol. The molecule has 0 atom stereocenters. The monoisotopic (exact) mass is 308 g/mol. The van der Waals surface area contributed by atoms with Crippen LogP contribution in [0.5, 0.6) is 0 Å². The second-order valence-electron chi connectivity index (χ2n) is 5.04. The highest BCUT2D eigenvalue weighted by Crippen LogP contribution is 2.34. The maximum Gasteiger partial charge on any atom is 0.255 e. The third-order valence-electron chi connectivity index (χ3n) is 3.88. The molecule has 0 spiro atoms. The SMILES string of the molecule is CSC1(C#N)CCN(C(=O)c2cccc(C)c2Cl)CC1. The zero-order chi connectivity index (χ0) is 14.8. The molecule has 0 radical (unpaired) electrons. The normalized spacial score (nSPS) is 17.6. The number of halogens is 1. The Bertz CT molecular complexity index is 559. The second kappa shape index (κ2) is 6.07. The average Bonchev–Trinajstić information content (AvgIpc) is 2.49. The van der Waals surface area contributed by atoms with E-state index in [1.165, 1.54) is 0 Å². The first-order valence-corrected chi connectivity index (χ1v) is 8.14. The number of piperidine rings is 1. The van der Waals surface area contributed by atoms with E-state index in [9.17, 15) is 10.1 Å². The third-order valence-corrected chi connectivity index (χ3v) is 5.66. The van der Waals surface area contributed by atoms with Crippen LogP contribution in [0.4, 0.5) is 0 Å². The van der Waals surface area contributed by atoms with Crippen molar-refractivity contribution >= 4 is 29.3 Å². The minimum Gasteiger partial charge on any atom is -0.338 e. The molecule has 1 aliphatic rings. The number of nitriles is 1. The number of benzene rings is 1. The van der Waals surface area contributed by atoms with E-state index in [-0.39, 0.29) is 10.7 Å². The molecule has 1 heterocycles. The molecule has 1 amide bonds. The zero-order valence-electron chi connectivity index (χ0n) is 11.6. The van der Waals surface area contributed by atoms with Crippen LogP contribution in [0.1, 0.15) is 28.8 Å². The molecule has 0 unspecified atom stereocenters. The van der Waals surface area contributed by atoms with E-state index in [1.54, 1.807) is 22.7 Å². The summed E-state index contributed by atoms with van der Waals surface area (Å²) in [5.41, 5.74) is 1.46. The smallest absolute Gasteiger partial charge is 0.255 e. The summed E-state index contributed by atoms with van der Waals surface area (Å²) < 4.78 is -0.340. The van der Waals surface area contributed by atoms with Crippen molar-refractivity contribution in [2.45, 2.75) is 24.5 Å². The number of thioether (sulfide) groups is 1. The van der Waals surface area contributed by atoms with Crippen molar-refractivity contribution in [1.29, 1.82) is 5.26 Å². The number of likely N-dealkylation sites (tertiary alicyclic amines) is 1. The van der Waals surface area contributed by atoms with Gasteiger partial charge in [-0.15, -0.1) is 11.8 Å². The summed E-state index contributed by atoms with van der Waals surface area (Å²) in [6, 6.07) is 7.89. The van der Waals surface area contributed by atoms with Crippen LogP contribution >= 0.6 is 23.4 Å². The topological polar surface area (TPSA) is 44.1 Å². The fourth-order valence-electron chi connectivity index (χ4n) is 2.42. The van der Waals surface area contributed by atoms with Gasteiger partial charge in [0, 0.05) is 13.1 Å². The van der Waals surface area contributed by atoms with E-state index in [1.807, 2.05) is 25.3 Å². The van der Waals surface area contributed by atoms with Crippen LogP contribution in [-0.2, 0) is 0 Å². The lowest BCUT2D eigenvalue weighted by Gasteiger charge is -2.36. The van der Waals surface area contributed by atoms with Gasteiger partial charge in [0.05, 0.1) is 16.7 Å². The summed E-state index contributed by atoms with van der Waals surface area (Å²) in [4.78, 5) is 14.3. The van der Waals surface area contributed by atoms with Crippen LogP contribution in [-0.4, -0.2) is 34.9 Å². The molecule has 5 heteroatoms. The molecule has 20 heavy (non-hydrogen) atoms. The number of nitrogens with zero attached hydrogens (tertiary/aromatic N) is 2. The molecule has 0 saturated carbocycles. The number of carbonyl (C=O) groups is 1. The number of hydrogen-bond acceptors (Lipinski definition) is 3. The second-order valence-corrected chi connectivity index (χ2v) is 6.61. The molecule has 2 rings (SSSR count). The molecular weight excluding hydrogens is 292 g/mol. The van der Waals surface area contributed by atoms with Crippen molar-refractivity contribution < 1.29 is 4.79 Å². The maximum absolute atomic E-state index is 12.5. The van der Waals surface area contributed by atoms with E-state index < -0.39 is 0 Å². The number of carbonyl (C=O) groups excluding carboxylic acids is 1. The minimum absolute atomic E-state index is 0.0358. The first-order chi connectivity index (χ1) is 9.53. The Morgan fingerprint density at radius 2 is 2.10 bits per heavy atom. The summed E-state index contributed by atoms with van der Waals surface area (Å²) in [5, 5.41) is 9.80. The first kappa shape index (κ1) is 15.2. The first-order valence-electron chi connectivity index (χ1n) is 6.54. The quantitative estimate of drug-likeness (QED) is 0.840. The summed E-state index contributed by atoms with van der Waals surface area (Å²) in [7, 11) is 0. The van der Waals surface area contributed by atoms with E-state index in [4.69, 9.17) is 11.6 Å². The molecule has 0 N–H and O–H groups in total. The number of hydrogen-bond donors (Lipinski definition) is 0. The molecule has 0 aromatic heterocycles. The Balaban J connectivity index is 2.13. The van der Waals surface area contributed by atoms with Gasteiger partial charge in [-0.05, 0) is 37.7 Å². The van der Waals surface area contributed by atoms with Crippen LogP contribution in [0.15, 0.2) is 18.2 Å². The lowest BCUT2D eigenvalue weighted by Crippen LogP contribution is -2.44. The van der Waals surface area contributed by atoms with Gasteiger partial charge in [0.25, 0.3) is 5.91 Å². The van der Waals surface area contributed by atoms with Crippen molar-refractivity contribution in [1.82, 2.24) is 4.90 Å². The van der Waals surface area contributed by atoms with Gasteiger partial charge in [0.1, 0.15) is 4.75 Å². The van der Waals surface area contributed by atoms with Crippen molar-refractivity contribution in [3.8, 4) is 6.07 Å². The number of aryl methyl sites for hydroxylation is 1. The predicted molar refractivity (Wildman–Crippen MR) is 83.2 cm³/mol. The summed E-state index contributed by atoms with van der Waals surface area (Å²) in [5.74, 6) is -0.0358. The Morgan fingerprint density at radius 3 is 2.65 bits per heavy atom. The highest BCUT2D eigenvalue weighted by atomic mass is 35.5. The van der Waals surface area contributed by atoms with Gasteiger partial charge in [-0.1, -0.05) is 23.7 Å². The number of rotatable bonds is 2. The molecule has 1 saturated heterocycles. The Hall–Kier alpha value is -1.18. The van der Waals surface area contributed by atoms with E-state index in [0.717, 1.165) is 5.56 Å².